The topological polar surface area (TPSA) is 11.4 Å². The van der Waals surface area contributed by atoms with E-state index in [1.165, 1.54) is 121 Å². The summed E-state index contributed by atoms with van der Waals surface area (Å²) >= 11 is 1.93. The first-order valence-electron chi connectivity index (χ1n) is 26.5. The summed E-state index contributed by atoms with van der Waals surface area (Å²) in [5.74, 6) is 0. The van der Waals surface area contributed by atoms with E-state index >= 15 is 0 Å². The van der Waals surface area contributed by atoms with E-state index in [1.54, 1.807) is 0 Å². The maximum absolute atomic E-state index is 2.76. The Morgan fingerprint density at radius 1 is 0.521 bits per heavy atom. The van der Waals surface area contributed by atoms with Crippen molar-refractivity contribution < 1.29 is 0 Å². The third kappa shape index (κ3) is 6.50. The molecule has 2 aliphatic heterocycles. The van der Waals surface area contributed by atoms with Gasteiger partial charge in [-0.25, -0.2) is 0 Å². The van der Waals surface area contributed by atoms with Gasteiger partial charge in [0.05, 0.1) is 16.7 Å². The lowest BCUT2D eigenvalue weighted by Crippen LogP contribution is -2.60. The molecule has 0 radical (unpaired) electrons. The van der Waals surface area contributed by atoms with Crippen LogP contribution in [0.15, 0.2) is 170 Å². The Kier molecular flexibility index (Phi) is 9.32. The van der Waals surface area contributed by atoms with E-state index < -0.39 is 0 Å². The molecule has 0 saturated carbocycles. The SMILES string of the molecule is CC(C)(C)c1ccc(N(c2ccc(C(C)(C)C)cc2)c2ccc3c(c2)N(c2ccc4c(c2)C(C)(C)CCC4(C)C)B2c4c-3cc3sc5ccccc5c3c4-n3c4ccc5ccccc5c4c4cccc2c43)cc1. The Hall–Kier alpha value is -7.08. The maximum Gasteiger partial charge on any atom is 0.333 e. The molecule has 2 aromatic heterocycles. The Bertz CT molecular complexity index is 4060. The predicted molar refractivity (Wildman–Crippen MR) is 318 cm³/mol. The van der Waals surface area contributed by atoms with Gasteiger partial charge in [-0.1, -0.05) is 172 Å². The molecule has 4 heterocycles. The molecule has 0 atom stereocenters. The van der Waals surface area contributed by atoms with Crippen LogP contribution in [0, 0.1) is 0 Å². The lowest BCUT2D eigenvalue weighted by molar-refractivity contribution is 0.332. The highest BCUT2D eigenvalue weighted by molar-refractivity contribution is 7.26. The van der Waals surface area contributed by atoms with Gasteiger partial charge < -0.3 is 14.3 Å². The quantitative estimate of drug-likeness (QED) is 0.163. The van der Waals surface area contributed by atoms with Crippen molar-refractivity contribution in [3.05, 3.63) is 192 Å². The van der Waals surface area contributed by atoms with Crippen molar-refractivity contribution in [2.45, 2.75) is 104 Å². The Morgan fingerprint density at radius 3 is 1.85 bits per heavy atom. The van der Waals surface area contributed by atoms with Gasteiger partial charge in [0, 0.05) is 64.9 Å². The van der Waals surface area contributed by atoms with E-state index in [2.05, 4.69) is 253 Å². The van der Waals surface area contributed by atoms with E-state index in [0.29, 0.717) is 0 Å². The highest BCUT2D eigenvalue weighted by Gasteiger charge is 2.46. The highest BCUT2D eigenvalue weighted by atomic mass is 32.1. The third-order valence-electron chi connectivity index (χ3n) is 17.3. The van der Waals surface area contributed by atoms with E-state index in [4.69, 9.17) is 0 Å². The van der Waals surface area contributed by atoms with E-state index in [9.17, 15) is 0 Å². The van der Waals surface area contributed by atoms with Crippen molar-refractivity contribution in [2.75, 3.05) is 9.71 Å². The fourth-order valence-corrected chi connectivity index (χ4v) is 14.4. The smallest absolute Gasteiger partial charge is 0.333 e. The van der Waals surface area contributed by atoms with Crippen LogP contribution in [0.25, 0.3) is 69.6 Å². The van der Waals surface area contributed by atoms with Gasteiger partial charge in [-0.2, -0.15) is 0 Å². The third-order valence-corrected chi connectivity index (χ3v) is 18.4. The molecule has 14 rings (SSSR count). The second kappa shape index (κ2) is 15.2. The first-order chi connectivity index (χ1) is 35.0. The van der Waals surface area contributed by atoms with Crippen LogP contribution in [0.3, 0.4) is 0 Å². The summed E-state index contributed by atoms with van der Waals surface area (Å²) in [6, 6.07) is 66.1. The first kappa shape index (κ1) is 44.6. The van der Waals surface area contributed by atoms with Gasteiger partial charge in [-0.05, 0) is 151 Å². The second-order valence-electron chi connectivity index (χ2n) is 24.8. The molecule has 0 unspecified atom stereocenters. The van der Waals surface area contributed by atoms with Crippen LogP contribution in [-0.4, -0.2) is 11.4 Å². The van der Waals surface area contributed by atoms with Crippen molar-refractivity contribution in [3.63, 3.8) is 0 Å². The molecule has 0 N–H and O–H groups in total. The van der Waals surface area contributed by atoms with Crippen LogP contribution in [0.2, 0.25) is 0 Å². The van der Waals surface area contributed by atoms with Crippen molar-refractivity contribution in [2.24, 2.45) is 0 Å². The summed E-state index contributed by atoms with van der Waals surface area (Å²) in [5, 5.41) is 7.88. The number of para-hydroxylation sites is 1. The molecule has 3 nitrogen and oxygen atoms in total. The van der Waals surface area contributed by atoms with Gasteiger partial charge in [0.15, 0.2) is 0 Å². The van der Waals surface area contributed by atoms with Crippen LogP contribution in [0.1, 0.15) is 104 Å². The molecule has 358 valence electrons. The van der Waals surface area contributed by atoms with Crippen molar-refractivity contribution >= 4 is 110 Å². The van der Waals surface area contributed by atoms with Crippen molar-refractivity contribution in [1.29, 1.82) is 0 Å². The Labute approximate surface area is 434 Å². The molecule has 73 heavy (non-hydrogen) atoms. The highest BCUT2D eigenvalue weighted by Crippen LogP contribution is 2.53. The molecule has 0 spiro atoms. The summed E-state index contributed by atoms with van der Waals surface area (Å²) < 4.78 is 5.33. The summed E-state index contributed by atoms with van der Waals surface area (Å²) in [6.07, 6.45) is 2.33. The Balaban J connectivity index is 1.11. The zero-order valence-electron chi connectivity index (χ0n) is 43.9. The zero-order chi connectivity index (χ0) is 50.1. The van der Waals surface area contributed by atoms with Gasteiger partial charge in [-0.15, -0.1) is 11.3 Å². The van der Waals surface area contributed by atoms with E-state index in [1.807, 2.05) is 11.3 Å². The number of thiophene rings is 1. The van der Waals surface area contributed by atoms with Crippen LogP contribution < -0.4 is 20.6 Å². The number of rotatable bonds is 4. The van der Waals surface area contributed by atoms with Crippen molar-refractivity contribution in [1.82, 2.24) is 4.57 Å². The minimum atomic E-state index is -0.120. The lowest BCUT2D eigenvalue weighted by atomic mass is 9.43. The molecule has 5 heteroatoms. The Morgan fingerprint density at radius 2 is 1.15 bits per heavy atom. The summed E-state index contributed by atoms with van der Waals surface area (Å²) in [7, 11) is 0. The molecule has 0 saturated heterocycles. The number of aromatic nitrogens is 1. The number of hydrogen-bond acceptors (Lipinski definition) is 3. The predicted octanol–water partition coefficient (Wildman–Crippen LogP) is 18.0. The number of anilines is 5. The van der Waals surface area contributed by atoms with Gasteiger partial charge in [-0.3, -0.25) is 0 Å². The molecule has 11 aromatic rings. The number of nitrogens with zero attached hydrogens (tertiary/aromatic N) is 3. The molecular formula is C68H62BN3S. The average molecular weight is 964 g/mol. The number of hydrogen-bond donors (Lipinski definition) is 0. The fraction of sp³-hybridized carbons (Fsp3) is 0.235. The number of fused-ring (bicyclic) bond motifs is 14. The molecule has 1 aliphatic carbocycles. The molecule has 9 aromatic carbocycles. The van der Waals surface area contributed by atoms with Gasteiger partial charge in [0.25, 0.3) is 0 Å². The minimum Gasteiger partial charge on any atom is -0.376 e. The first-order valence-corrected chi connectivity index (χ1v) is 27.3. The summed E-state index contributed by atoms with van der Waals surface area (Å²) in [5.41, 5.74) is 20.9. The molecule has 0 bridgehead atoms. The lowest BCUT2D eigenvalue weighted by Gasteiger charge is -2.45. The number of benzene rings is 9. The van der Waals surface area contributed by atoms with Crippen LogP contribution in [0.4, 0.5) is 28.4 Å². The molecule has 0 amide bonds. The zero-order valence-corrected chi connectivity index (χ0v) is 44.7. The molecule has 0 fully saturated rings. The van der Waals surface area contributed by atoms with Gasteiger partial charge in [0.1, 0.15) is 0 Å². The average Bonchev–Trinajstić information content (AvgIpc) is 3.95. The largest absolute Gasteiger partial charge is 0.376 e. The van der Waals surface area contributed by atoms with Crippen molar-refractivity contribution in [3.8, 4) is 16.8 Å². The van der Waals surface area contributed by atoms with Crippen LogP contribution >= 0.6 is 11.3 Å². The van der Waals surface area contributed by atoms with Gasteiger partial charge in [0.2, 0.25) is 0 Å². The fourth-order valence-electron chi connectivity index (χ4n) is 13.3. The van der Waals surface area contributed by atoms with E-state index in [-0.39, 0.29) is 28.5 Å². The second-order valence-corrected chi connectivity index (χ2v) is 25.9. The van der Waals surface area contributed by atoms with Crippen LogP contribution in [0.5, 0.6) is 0 Å². The van der Waals surface area contributed by atoms with Gasteiger partial charge >= 0.3 is 6.85 Å². The monoisotopic (exact) mass is 963 g/mol. The van der Waals surface area contributed by atoms with E-state index in [0.717, 1.165) is 23.5 Å². The minimum absolute atomic E-state index is 0.0292. The normalized spacial score (nSPS) is 15.6. The summed E-state index contributed by atoms with van der Waals surface area (Å²) in [6.45, 7) is 23.5. The van der Waals surface area contributed by atoms with Crippen LogP contribution in [-0.2, 0) is 21.7 Å². The molecular weight excluding hydrogens is 902 g/mol. The standard InChI is InChI=1S/C68H62BN3S/c1-65(2,3)42-23-27-44(28-24-42)70(45-29-25-43(26-30-45)66(4,5)6)46-31-33-49-52-40-59-61(50-18-13-14-21-58(50)73-59)64-62(52)69(72(57(49)39-46)47-32-34-53-54(38-47)68(9,10)37-36-67(53,7)8)55-20-15-19-51-60-48-17-12-11-16-41(48)22-35-56(60)71(64)63(51)55/h11-35,38-40H,36-37H2,1-10H3. The molecule has 3 aliphatic rings. The summed E-state index contributed by atoms with van der Waals surface area (Å²) in [4.78, 5) is 5.25. The maximum atomic E-state index is 2.76.